The lowest BCUT2D eigenvalue weighted by molar-refractivity contribution is -0.142. The van der Waals surface area contributed by atoms with E-state index < -0.39 is 176 Å². The van der Waals surface area contributed by atoms with Crippen LogP contribution < -0.4 is 42.5 Å². The van der Waals surface area contributed by atoms with Gasteiger partial charge in [-0.25, -0.2) is 34.9 Å². The fourth-order valence-corrected chi connectivity index (χ4v) is 14.4. The predicted octanol–water partition coefficient (Wildman–Crippen LogP) is -1.71. The molecule has 3 unspecified atom stereocenters. The Labute approximate surface area is 557 Å². The van der Waals surface area contributed by atoms with Crippen LogP contribution in [0.15, 0.2) is 29.2 Å². The first-order valence-electron chi connectivity index (χ1n) is 31.2. The number of carbonyl (C=O) groups excluding carboxylic acids is 7. The quantitative estimate of drug-likeness (QED) is 0.0257. The molecule has 1 aliphatic rings. The van der Waals surface area contributed by atoms with Crippen molar-refractivity contribution in [1.82, 2.24) is 62.1 Å². The lowest BCUT2D eigenvalue weighted by Gasteiger charge is -2.45. The third kappa shape index (κ3) is 34.6. The van der Waals surface area contributed by atoms with Crippen LogP contribution in [0, 0.1) is 0 Å². The highest BCUT2D eigenvalue weighted by atomic mass is 32.2. The number of aliphatic carboxylic acids is 8. The van der Waals surface area contributed by atoms with Crippen LogP contribution in [0.5, 0.6) is 0 Å². The molecular formula is C60H96N12O23S. The molecule has 16 N–H and O–H groups in total. The van der Waals surface area contributed by atoms with Crippen molar-refractivity contribution in [2.75, 3.05) is 98.2 Å². The second-order valence-corrected chi connectivity index (χ2v) is 28.8. The molecule has 1 saturated heterocycles. The topological polar surface area (TPSA) is 527 Å². The molecule has 1 heterocycles. The predicted molar refractivity (Wildman–Crippen MR) is 344 cm³/mol. The van der Waals surface area contributed by atoms with Crippen LogP contribution in [0.1, 0.15) is 123 Å². The molecule has 0 aromatic heterocycles. The van der Waals surface area contributed by atoms with Crippen LogP contribution in [0.25, 0.3) is 0 Å². The molecule has 5 atom stereocenters. The molecule has 0 radical (unpaired) electrons. The van der Waals surface area contributed by atoms with Gasteiger partial charge in [-0.3, -0.25) is 67.5 Å². The molecule has 2 rings (SSSR count). The Kier molecular flexibility index (Phi) is 36.4. The first kappa shape index (κ1) is 83.4. The molecule has 1 aromatic rings. The number of hydrogen-bond acceptors (Lipinski definition) is 19. The number of carbonyl (C=O) groups is 15. The molecule has 0 aliphatic carbocycles. The van der Waals surface area contributed by atoms with Crippen molar-refractivity contribution >= 4 is 100 Å². The van der Waals surface area contributed by atoms with Crippen molar-refractivity contribution in [3.8, 4) is 0 Å². The Morgan fingerprint density at radius 3 is 1.19 bits per heavy atom. The average molecular weight is 1390 g/mol. The standard InChI is InChI=1S/C60H96N12O23S/c1-59(2,3)96(60(4,5)6)38-14-12-37(13-15-38)52(85)66-43(32-63-47(76)33-69-24-26-70(34-49(79)80)28-30-72(36-51(83)84)31-29-71(27-25-69)35-50(81)82)53(86)65-40(55(89)90)10-7-8-22-61-44(73)19-20-45(74)62-23-9-11-39(54(87)88)64-46(75)18-16-41(56(91)92)67-58(95)68-42(57(93)94)17-21-48(77)78/h12-15,39-43,96H,7-11,16-36H2,1-6H3,(H,61,73)(H,62,74)(H,63,76)(H,64,75)(H,65,86)(H,66,85)(H,77,78)(H,79,80)(H,81,82)(H,83,84)(H,87,88)(H,89,90)(H,91,92)(H,93,94)(H2,67,68,95)/t39?,40?,41-,42-,43?/m0/s1. The number of carboxylic acid groups (broad SMARTS) is 8. The van der Waals surface area contributed by atoms with Gasteiger partial charge in [0.25, 0.3) is 5.91 Å². The first-order valence-corrected chi connectivity index (χ1v) is 32.5. The van der Waals surface area contributed by atoms with E-state index in [2.05, 4.69) is 73.4 Å². The summed E-state index contributed by atoms with van der Waals surface area (Å²) >= 11 is 0. The molecular weight excluding hydrogens is 1290 g/mol. The third-order valence-electron chi connectivity index (χ3n) is 14.8. The van der Waals surface area contributed by atoms with Gasteiger partial charge >= 0.3 is 53.8 Å². The van der Waals surface area contributed by atoms with Crippen LogP contribution in [-0.4, -0.2) is 288 Å². The van der Waals surface area contributed by atoms with Crippen molar-refractivity contribution in [2.45, 2.75) is 157 Å². The van der Waals surface area contributed by atoms with Crippen LogP contribution in [-0.2, 0) is 62.3 Å². The van der Waals surface area contributed by atoms with E-state index in [1.54, 1.807) is 31.7 Å². The summed E-state index contributed by atoms with van der Waals surface area (Å²) in [5.74, 6) is -15.2. The fraction of sp³-hybridized carbons (Fsp3) is 0.650. The largest absolute Gasteiger partial charge is 0.481 e. The normalized spacial score (nSPS) is 15.5. The summed E-state index contributed by atoms with van der Waals surface area (Å²) in [6.45, 7) is 11.7. The monoisotopic (exact) mass is 1380 g/mol. The number of carboxylic acids is 8. The minimum Gasteiger partial charge on any atom is -0.481 e. The molecule has 1 aromatic carbocycles. The van der Waals surface area contributed by atoms with Crippen molar-refractivity contribution in [1.29, 1.82) is 0 Å². The first-order chi connectivity index (χ1) is 44.8. The smallest absolute Gasteiger partial charge is 0.326 e. The second-order valence-electron chi connectivity index (χ2n) is 24.9. The summed E-state index contributed by atoms with van der Waals surface area (Å²) < 4.78 is -0.213. The van der Waals surface area contributed by atoms with E-state index in [-0.39, 0.29) is 139 Å². The summed E-state index contributed by atoms with van der Waals surface area (Å²) in [6, 6.07) is -2.32. The summed E-state index contributed by atoms with van der Waals surface area (Å²) in [6.07, 6.45) is -2.83. The van der Waals surface area contributed by atoms with E-state index in [4.69, 9.17) is 5.11 Å². The van der Waals surface area contributed by atoms with Crippen molar-refractivity contribution in [2.24, 2.45) is 0 Å². The Morgan fingerprint density at radius 2 is 0.781 bits per heavy atom. The molecule has 36 heteroatoms. The van der Waals surface area contributed by atoms with Crippen LogP contribution in [0.3, 0.4) is 0 Å². The molecule has 0 spiro atoms. The summed E-state index contributed by atoms with van der Waals surface area (Å²) in [5, 5.41) is 95.2. The number of urea groups is 1. The lowest BCUT2D eigenvalue weighted by Crippen LogP contribution is -2.56. The van der Waals surface area contributed by atoms with Gasteiger partial charge in [-0.2, -0.15) is 0 Å². The van der Waals surface area contributed by atoms with Crippen LogP contribution >= 0.6 is 10.9 Å². The number of nitrogens with one attached hydrogen (secondary N) is 8. The van der Waals surface area contributed by atoms with Gasteiger partial charge in [0.1, 0.15) is 30.2 Å². The molecule has 1 aliphatic heterocycles. The minimum absolute atomic E-state index is 0.0228. The SMILES string of the molecule is CC(C)(C)[SH](c1ccc(C(=O)NC(CNC(=O)CN2CCN(CC(=O)O)CCN(CC(=O)O)CCN(CC(=O)O)CC2)C(=O)NC(CCCCNC(=O)CCC(=O)NCCCC(NC(=O)CC[C@H](NC(=O)N[C@@H](CCC(=O)O)C(=O)O)C(=O)O)C(=O)O)C(=O)O)cc1)C(C)(C)C. The minimum atomic E-state index is -1.73. The molecule has 540 valence electrons. The highest BCUT2D eigenvalue weighted by Crippen LogP contribution is 2.56. The van der Waals surface area contributed by atoms with Gasteiger partial charge in [0.2, 0.25) is 29.5 Å². The Bertz CT molecular complexity index is 2810. The fourth-order valence-electron chi connectivity index (χ4n) is 10.4. The van der Waals surface area contributed by atoms with E-state index in [0.717, 1.165) is 4.90 Å². The molecule has 0 bridgehead atoms. The van der Waals surface area contributed by atoms with Crippen molar-refractivity contribution in [3.63, 3.8) is 0 Å². The number of thiol groups is 1. The summed E-state index contributed by atoms with van der Waals surface area (Å²) in [5.41, 5.74) is 0.164. The highest BCUT2D eigenvalue weighted by molar-refractivity contribution is 8.19. The van der Waals surface area contributed by atoms with E-state index >= 15 is 0 Å². The van der Waals surface area contributed by atoms with Crippen LogP contribution in [0.2, 0.25) is 0 Å². The Morgan fingerprint density at radius 1 is 0.396 bits per heavy atom. The van der Waals surface area contributed by atoms with Crippen molar-refractivity contribution in [3.05, 3.63) is 29.8 Å². The Hall–Kier alpha value is -8.74. The maximum absolute atomic E-state index is 14.1. The van der Waals surface area contributed by atoms with Gasteiger partial charge in [-0.05, 0) is 83.6 Å². The number of nitrogens with zero attached hydrogens (tertiary/aromatic N) is 4. The Balaban J connectivity index is 2.07. The molecule has 0 saturated carbocycles. The zero-order chi connectivity index (χ0) is 72.5. The highest BCUT2D eigenvalue weighted by Gasteiger charge is 2.34. The van der Waals surface area contributed by atoms with Gasteiger partial charge < -0.3 is 83.4 Å². The van der Waals surface area contributed by atoms with Crippen LogP contribution in [0.4, 0.5) is 4.79 Å². The van der Waals surface area contributed by atoms with E-state index in [1.165, 1.54) is 0 Å². The van der Waals surface area contributed by atoms with E-state index in [0.29, 0.717) is 0 Å². The molecule has 8 amide bonds. The maximum Gasteiger partial charge on any atom is 0.326 e. The molecule has 35 nitrogen and oxygen atoms in total. The zero-order valence-corrected chi connectivity index (χ0v) is 55.9. The van der Waals surface area contributed by atoms with E-state index in [1.807, 2.05) is 22.8 Å². The lowest BCUT2D eigenvalue weighted by atomic mass is 10.1. The summed E-state index contributed by atoms with van der Waals surface area (Å²) in [7, 11) is -0.760. The van der Waals surface area contributed by atoms with Gasteiger partial charge in [0.05, 0.1) is 26.2 Å². The zero-order valence-electron chi connectivity index (χ0n) is 55.0. The van der Waals surface area contributed by atoms with Gasteiger partial charge in [0.15, 0.2) is 0 Å². The van der Waals surface area contributed by atoms with Crippen molar-refractivity contribution < 1.29 is 113 Å². The van der Waals surface area contributed by atoms with E-state index in [9.17, 15) is 108 Å². The second kappa shape index (κ2) is 41.9. The maximum atomic E-state index is 14.1. The van der Waals surface area contributed by atoms with Gasteiger partial charge in [-0.1, -0.05) is 41.5 Å². The number of amides is 8. The number of hydrogen-bond donors (Lipinski definition) is 17. The average Bonchev–Trinajstić information content (AvgIpc) is 0.799. The number of rotatable bonds is 40. The molecule has 1 fully saturated rings. The molecule has 96 heavy (non-hydrogen) atoms. The van der Waals surface area contributed by atoms with Gasteiger partial charge in [-0.15, -0.1) is 0 Å². The number of unbranched alkanes of at least 4 members (excludes halogenated alkanes) is 1. The van der Waals surface area contributed by atoms with Gasteiger partial charge in [0, 0.05) is 103 Å². The third-order valence-corrected chi connectivity index (χ3v) is 18.3. The number of benzene rings is 1. The summed E-state index contributed by atoms with van der Waals surface area (Å²) in [4.78, 5) is 193.